The van der Waals surface area contributed by atoms with Gasteiger partial charge in [0, 0.05) is 18.7 Å². The van der Waals surface area contributed by atoms with Gasteiger partial charge in [-0.15, -0.1) is 0 Å². The molecule has 1 aromatic carbocycles. The Morgan fingerprint density at radius 3 is 2.30 bits per heavy atom. The van der Waals surface area contributed by atoms with E-state index in [2.05, 4.69) is 10.6 Å². The van der Waals surface area contributed by atoms with E-state index < -0.39 is 5.60 Å². The van der Waals surface area contributed by atoms with Crippen LogP contribution in [0.1, 0.15) is 54.4 Å². The predicted molar refractivity (Wildman–Crippen MR) is 89.2 cm³/mol. The fraction of sp³-hybridized carbons (Fsp3) is 0.556. The monoisotopic (exact) mass is 318 g/mol. The molecule has 0 spiro atoms. The third kappa shape index (κ3) is 5.67. The molecular formula is C18H26N2O3. The topological polar surface area (TPSA) is 78.4 Å². The Morgan fingerprint density at radius 2 is 1.65 bits per heavy atom. The highest BCUT2D eigenvalue weighted by atomic mass is 16.3. The Balaban J connectivity index is 1.65. The van der Waals surface area contributed by atoms with Crippen LogP contribution in [-0.4, -0.2) is 35.6 Å². The minimum atomic E-state index is -0.840. The molecule has 1 fully saturated rings. The van der Waals surface area contributed by atoms with E-state index in [1.807, 2.05) is 19.1 Å². The molecule has 2 amide bonds. The fourth-order valence-electron chi connectivity index (χ4n) is 2.93. The average molecular weight is 318 g/mol. The second-order valence-corrected chi connectivity index (χ2v) is 6.43. The predicted octanol–water partition coefficient (Wildman–Crippen LogP) is 1.93. The summed E-state index contributed by atoms with van der Waals surface area (Å²) in [5, 5.41) is 15.9. The van der Waals surface area contributed by atoms with Gasteiger partial charge in [-0.05, 0) is 31.9 Å². The number of benzene rings is 1. The van der Waals surface area contributed by atoms with Crippen LogP contribution < -0.4 is 10.6 Å². The quantitative estimate of drug-likeness (QED) is 0.701. The van der Waals surface area contributed by atoms with E-state index >= 15 is 0 Å². The number of carbonyl (C=O) groups is 2. The molecule has 0 saturated heterocycles. The van der Waals surface area contributed by atoms with Gasteiger partial charge in [0.05, 0.1) is 12.0 Å². The third-order valence-corrected chi connectivity index (χ3v) is 4.32. The molecule has 1 aliphatic carbocycles. The van der Waals surface area contributed by atoms with Crippen molar-refractivity contribution in [3.8, 4) is 0 Å². The second-order valence-electron chi connectivity index (χ2n) is 6.43. The number of rotatable bonds is 6. The molecule has 0 bridgehead atoms. The van der Waals surface area contributed by atoms with Crippen molar-refractivity contribution in [3.63, 3.8) is 0 Å². The minimum Gasteiger partial charge on any atom is -0.389 e. The highest BCUT2D eigenvalue weighted by molar-refractivity contribution is 5.94. The van der Waals surface area contributed by atoms with E-state index in [4.69, 9.17) is 0 Å². The largest absolute Gasteiger partial charge is 0.389 e. The third-order valence-electron chi connectivity index (χ3n) is 4.32. The lowest BCUT2D eigenvalue weighted by Gasteiger charge is -2.31. The van der Waals surface area contributed by atoms with Crippen LogP contribution >= 0.6 is 0 Å². The van der Waals surface area contributed by atoms with Gasteiger partial charge < -0.3 is 15.7 Å². The van der Waals surface area contributed by atoms with Crippen LogP contribution in [0.2, 0.25) is 0 Å². The zero-order valence-electron chi connectivity index (χ0n) is 13.7. The summed E-state index contributed by atoms with van der Waals surface area (Å²) in [5.74, 6) is -0.302. The van der Waals surface area contributed by atoms with Gasteiger partial charge in [-0.3, -0.25) is 9.59 Å². The van der Waals surface area contributed by atoms with Crippen molar-refractivity contribution in [1.82, 2.24) is 10.6 Å². The standard InChI is InChI=1S/C18H26N2O3/c1-14-5-7-15(8-6-14)17(22)20-12-11-19-16(21)13-18(23)9-3-2-4-10-18/h5-8,23H,2-4,9-13H2,1H3,(H,19,21)(H,20,22). The van der Waals surface area contributed by atoms with E-state index in [0.717, 1.165) is 24.8 Å². The van der Waals surface area contributed by atoms with E-state index in [9.17, 15) is 14.7 Å². The van der Waals surface area contributed by atoms with Crippen molar-refractivity contribution in [3.05, 3.63) is 35.4 Å². The summed E-state index contributed by atoms with van der Waals surface area (Å²) in [6.07, 6.45) is 4.65. The first-order chi connectivity index (χ1) is 11.0. The molecule has 1 aromatic rings. The van der Waals surface area contributed by atoms with E-state index in [-0.39, 0.29) is 18.2 Å². The van der Waals surface area contributed by atoms with Crippen molar-refractivity contribution in [2.75, 3.05) is 13.1 Å². The van der Waals surface area contributed by atoms with E-state index in [1.165, 1.54) is 0 Å². The van der Waals surface area contributed by atoms with Crippen LogP contribution in [0.5, 0.6) is 0 Å². The minimum absolute atomic E-state index is 0.148. The van der Waals surface area contributed by atoms with Gasteiger partial charge in [0.25, 0.3) is 5.91 Å². The van der Waals surface area contributed by atoms with Gasteiger partial charge in [0.15, 0.2) is 0 Å². The molecule has 5 nitrogen and oxygen atoms in total. The Hall–Kier alpha value is -1.88. The highest BCUT2D eigenvalue weighted by Gasteiger charge is 2.31. The second kappa shape index (κ2) is 8.11. The Morgan fingerprint density at radius 1 is 1.04 bits per heavy atom. The molecule has 0 atom stereocenters. The molecule has 23 heavy (non-hydrogen) atoms. The van der Waals surface area contributed by atoms with Gasteiger partial charge in [0.2, 0.25) is 5.91 Å². The molecule has 3 N–H and O–H groups in total. The number of hydrogen-bond donors (Lipinski definition) is 3. The summed E-state index contributed by atoms with van der Waals surface area (Å²) in [5.41, 5.74) is 0.876. The first-order valence-corrected chi connectivity index (χ1v) is 8.32. The molecule has 126 valence electrons. The molecule has 2 rings (SSSR count). The van der Waals surface area contributed by atoms with Crippen molar-refractivity contribution in [2.24, 2.45) is 0 Å². The summed E-state index contributed by atoms with van der Waals surface area (Å²) < 4.78 is 0. The maximum atomic E-state index is 11.9. The van der Waals surface area contributed by atoms with Gasteiger partial charge >= 0.3 is 0 Å². The summed E-state index contributed by atoms with van der Waals surface area (Å²) in [7, 11) is 0. The number of nitrogens with one attached hydrogen (secondary N) is 2. The maximum absolute atomic E-state index is 11.9. The SMILES string of the molecule is Cc1ccc(C(=O)NCCNC(=O)CC2(O)CCCCC2)cc1. The van der Waals surface area contributed by atoms with Gasteiger partial charge in [-0.1, -0.05) is 37.0 Å². The molecule has 0 aromatic heterocycles. The Bertz CT molecular complexity index is 534. The maximum Gasteiger partial charge on any atom is 0.251 e. The van der Waals surface area contributed by atoms with Gasteiger partial charge in [-0.2, -0.15) is 0 Å². The van der Waals surface area contributed by atoms with Gasteiger partial charge in [0.1, 0.15) is 0 Å². The lowest BCUT2D eigenvalue weighted by Crippen LogP contribution is -2.40. The average Bonchev–Trinajstić information content (AvgIpc) is 2.52. The number of hydrogen-bond acceptors (Lipinski definition) is 3. The normalized spacial score (nSPS) is 16.6. The fourth-order valence-corrected chi connectivity index (χ4v) is 2.93. The number of amides is 2. The molecule has 1 saturated carbocycles. The summed E-state index contributed by atoms with van der Waals surface area (Å²) >= 11 is 0. The molecule has 0 aliphatic heterocycles. The smallest absolute Gasteiger partial charge is 0.251 e. The van der Waals surface area contributed by atoms with Crippen molar-refractivity contribution in [1.29, 1.82) is 0 Å². The summed E-state index contributed by atoms with van der Waals surface area (Å²) in [6, 6.07) is 7.34. The van der Waals surface area contributed by atoms with Crippen LogP contribution in [0.4, 0.5) is 0 Å². The highest BCUT2D eigenvalue weighted by Crippen LogP contribution is 2.30. The van der Waals surface area contributed by atoms with Crippen molar-refractivity contribution < 1.29 is 14.7 Å². The first-order valence-electron chi connectivity index (χ1n) is 8.32. The molecule has 0 radical (unpaired) electrons. The Labute approximate surface area is 137 Å². The Kier molecular flexibility index (Phi) is 6.16. The molecular weight excluding hydrogens is 292 g/mol. The van der Waals surface area contributed by atoms with Crippen LogP contribution in [0.15, 0.2) is 24.3 Å². The number of carbonyl (C=O) groups excluding carboxylic acids is 2. The number of aryl methyl sites for hydroxylation is 1. The van der Waals surface area contributed by atoms with Crippen molar-refractivity contribution in [2.45, 2.75) is 51.0 Å². The molecule has 1 aliphatic rings. The van der Waals surface area contributed by atoms with Crippen molar-refractivity contribution >= 4 is 11.8 Å². The molecule has 0 heterocycles. The first kappa shape index (κ1) is 17.5. The van der Waals surface area contributed by atoms with Crippen LogP contribution in [-0.2, 0) is 4.79 Å². The van der Waals surface area contributed by atoms with E-state index in [0.29, 0.717) is 31.5 Å². The lowest BCUT2D eigenvalue weighted by molar-refractivity contribution is -0.127. The zero-order valence-corrected chi connectivity index (χ0v) is 13.7. The van der Waals surface area contributed by atoms with Crippen LogP contribution in [0.3, 0.4) is 0 Å². The molecule has 0 unspecified atom stereocenters. The van der Waals surface area contributed by atoms with Crippen LogP contribution in [0, 0.1) is 6.92 Å². The number of aliphatic hydroxyl groups is 1. The van der Waals surface area contributed by atoms with E-state index in [1.54, 1.807) is 12.1 Å². The van der Waals surface area contributed by atoms with Gasteiger partial charge in [-0.25, -0.2) is 0 Å². The summed E-state index contributed by atoms with van der Waals surface area (Å²) in [6.45, 7) is 2.71. The van der Waals surface area contributed by atoms with Crippen LogP contribution in [0.25, 0.3) is 0 Å². The zero-order chi connectivity index (χ0) is 16.7. The molecule has 5 heteroatoms. The summed E-state index contributed by atoms with van der Waals surface area (Å²) in [4.78, 5) is 23.8. The lowest BCUT2D eigenvalue weighted by atomic mass is 9.82.